The summed E-state index contributed by atoms with van der Waals surface area (Å²) in [4.78, 5) is 4.06. The van der Waals surface area contributed by atoms with Crippen molar-refractivity contribution in [3.8, 4) is 0 Å². The van der Waals surface area contributed by atoms with Crippen molar-refractivity contribution >= 4 is 33.2 Å². The highest BCUT2D eigenvalue weighted by Crippen LogP contribution is 2.22. The van der Waals surface area contributed by atoms with Crippen LogP contribution in [-0.4, -0.2) is 23.6 Å². The third kappa shape index (κ3) is 3.49. The van der Waals surface area contributed by atoms with Crippen LogP contribution in [-0.2, 0) is 22.9 Å². The normalized spacial score (nSPS) is 11.7. The molecule has 0 saturated heterocycles. The maximum Gasteiger partial charge on any atom is 0.237 e. The first-order valence-corrected chi connectivity index (χ1v) is 8.15. The molecular weight excluding hydrogens is 307 g/mol. The highest BCUT2D eigenvalue weighted by atomic mass is 35.5. The molecule has 0 spiro atoms. The molecule has 0 bridgehead atoms. The zero-order chi connectivity index (χ0) is 14.0. The number of imidazole rings is 1. The molecule has 0 N–H and O–H groups in total. The van der Waals surface area contributed by atoms with Crippen molar-refractivity contribution in [1.29, 1.82) is 0 Å². The highest BCUT2D eigenvalue weighted by Gasteiger charge is 2.12. The van der Waals surface area contributed by atoms with Crippen LogP contribution >= 0.6 is 23.2 Å². The quantitative estimate of drug-likeness (QED) is 0.871. The van der Waals surface area contributed by atoms with E-state index in [1.165, 1.54) is 16.4 Å². The van der Waals surface area contributed by atoms with Crippen molar-refractivity contribution in [3.05, 3.63) is 52.0 Å². The molecule has 0 atom stereocenters. The lowest BCUT2D eigenvalue weighted by molar-refractivity contribution is 0.590. The molecule has 2 aromatic rings. The Kier molecular flexibility index (Phi) is 4.18. The van der Waals surface area contributed by atoms with E-state index < -0.39 is 10.0 Å². The molecule has 2 rings (SSSR count). The van der Waals surface area contributed by atoms with Gasteiger partial charge in [-0.15, -0.1) is 0 Å². The van der Waals surface area contributed by atoms with Crippen LogP contribution in [0.4, 0.5) is 0 Å². The molecule has 1 aromatic heterocycles. The fourth-order valence-electron chi connectivity index (χ4n) is 1.77. The Labute approximate surface area is 122 Å². The summed E-state index contributed by atoms with van der Waals surface area (Å²) >= 11 is 11.9. The molecule has 0 unspecified atom stereocenters. The Morgan fingerprint density at radius 1 is 1.26 bits per heavy atom. The molecule has 4 nitrogen and oxygen atoms in total. The van der Waals surface area contributed by atoms with E-state index in [4.69, 9.17) is 23.2 Å². The van der Waals surface area contributed by atoms with Crippen LogP contribution in [0.5, 0.6) is 0 Å². The lowest BCUT2D eigenvalue weighted by atomic mass is 10.1. The minimum Gasteiger partial charge on any atom is -0.241 e. The number of nitrogens with zero attached hydrogens (tertiary/aromatic N) is 2. The van der Waals surface area contributed by atoms with Gasteiger partial charge >= 0.3 is 0 Å². The van der Waals surface area contributed by atoms with Crippen molar-refractivity contribution in [2.24, 2.45) is 0 Å². The minimum atomic E-state index is -3.31. The molecule has 0 fully saturated rings. The maximum absolute atomic E-state index is 11.5. The van der Waals surface area contributed by atoms with Crippen LogP contribution in [0.15, 0.2) is 30.6 Å². The van der Waals surface area contributed by atoms with Gasteiger partial charge in [-0.3, -0.25) is 0 Å². The average molecular weight is 319 g/mol. The minimum absolute atomic E-state index is 0.488. The molecule has 1 heterocycles. The average Bonchev–Trinajstić information content (AvgIpc) is 2.75. The van der Waals surface area contributed by atoms with E-state index in [0.717, 1.165) is 11.8 Å². The SMILES string of the molecule is CS(=O)(=O)n1ccnc1CCc1ccc(Cl)cc1Cl. The van der Waals surface area contributed by atoms with Crippen molar-refractivity contribution in [1.82, 2.24) is 8.96 Å². The van der Waals surface area contributed by atoms with Crippen LogP contribution in [0.1, 0.15) is 11.4 Å². The van der Waals surface area contributed by atoms with Crippen molar-refractivity contribution in [2.45, 2.75) is 12.8 Å². The second-order valence-electron chi connectivity index (χ2n) is 4.14. The van der Waals surface area contributed by atoms with Crippen LogP contribution < -0.4 is 0 Å². The first kappa shape index (κ1) is 14.4. The lowest BCUT2D eigenvalue weighted by Crippen LogP contribution is -2.13. The first-order valence-electron chi connectivity index (χ1n) is 5.54. The van der Waals surface area contributed by atoms with Crippen molar-refractivity contribution < 1.29 is 8.42 Å². The van der Waals surface area contributed by atoms with Gasteiger partial charge in [-0.05, 0) is 24.1 Å². The Morgan fingerprint density at radius 3 is 2.63 bits per heavy atom. The van der Waals surface area contributed by atoms with E-state index in [2.05, 4.69) is 4.98 Å². The van der Waals surface area contributed by atoms with Gasteiger partial charge in [0.2, 0.25) is 10.0 Å². The van der Waals surface area contributed by atoms with Gasteiger partial charge in [0.15, 0.2) is 0 Å². The fraction of sp³-hybridized carbons (Fsp3) is 0.250. The Balaban J connectivity index is 2.18. The van der Waals surface area contributed by atoms with Crippen LogP contribution in [0.25, 0.3) is 0 Å². The molecule has 0 aliphatic heterocycles. The Bertz CT molecular complexity index is 696. The summed E-state index contributed by atoms with van der Waals surface area (Å²) in [7, 11) is -3.31. The van der Waals surface area contributed by atoms with Crippen LogP contribution in [0.2, 0.25) is 10.0 Å². The molecule has 0 amide bonds. The van der Waals surface area contributed by atoms with Gasteiger partial charge in [-0.1, -0.05) is 29.3 Å². The van der Waals surface area contributed by atoms with Crippen molar-refractivity contribution in [3.63, 3.8) is 0 Å². The summed E-state index contributed by atoms with van der Waals surface area (Å²) in [6.07, 6.45) is 5.14. The molecule has 102 valence electrons. The van der Waals surface area contributed by atoms with E-state index in [0.29, 0.717) is 28.7 Å². The van der Waals surface area contributed by atoms with E-state index in [9.17, 15) is 8.42 Å². The summed E-state index contributed by atoms with van der Waals surface area (Å²) in [5.41, 5.74) is 0.911. The topological polar surface area (TPSA) is 52.0 Å². The standard InChI is InChI=1S/C12H12Cl2N2O2S/c1-19(17,18)16-7-6-15-12(16)5-3-9-2-4-10(13)8-11(9)14/h2,4,6-8H,3,5H2,1H3. The first-order chi connectivity index (χ1) is 8.88. The molecule has 0 aliphatic rings. The van der Waals surface area contributed by atoms with E-state index in [1.54, 1.807) is 12.1 Å². The lowest BCUT2D eigenvalue weighted by Gasteiger charge is -2.07. The van der Waals surface area contributed by atoms with Gasteiger partial charge in [-0.2, -0.15) is 0 Å². The Morgan fingerprint density at radius 2 is 2.00 bits per heavy atom. The van der Waals surface area contributed by atoms with Crippen molar-refractivity contribution in [2.75, 3.05) is 6.26 Å². The zero-order valence-corrected chi connectivity index (χ0v) is 12.5. The number of aromatic nitrogens is 2. The summed E-state index contributed by atoms with van der Waals surface area (Å²) in [5.74, 6) is 0.494. The van der Waals surface area contributed by atoms with Crippen LogP contribution in [0.3, 0.4) is 0 Å². The van der Waals surface area contributed by atoms with Gasteiger partial charge in [0.25, 0.3) is 0 Å². The number of hydrogen-bond donors (Lipinski definition) is 0. The number of hydrogen-bond acceptors (Lipinski definition) is 3. The van der Waals surface area contributed by atoms with Gasteiger partial charge in [0.1, 0.15) is 5.82 Å². The van der Waals surface area contributed by atoms with E-state index in [1.807, 2.05) is 6.07 Å². The summed E-state index contributed by atoms with van der Waals surface area (Å²) in [5, 5.41) is 1.15. The molecule has 0 aliphatic carbocycles. The zero-order valence-electron chi connectivity index (χ0n) is 10.2. The van der Waals surface area contributed by atoms with E-state index in [-0.39, 0.29) is 0 Å². The van der Waals surface area contributed by atoms with Gasteiger partial charge in [0.05, 0.1) is 6.26 Å². The largest absolute Gasteiger partial charge is 0.241 e. The molecular formula is C12H12Cl2N2O2S. The monoisotopic (exact) mass is 318 g/mol. The number of aryl methyl sites for hydroxylation is 2. The molecule has 0 radical (unpaired) electrons. The maximum atomic E-state index is 11.5. The highest BCUT2D eigenvalue weighted by molar-refractivity contribution is 7.89. The van der Waals surface area contributed by atoms with Gasteiger partial charge < -0.3 is 0 Å². The molecule has 0 saturated carbocycles. The number of halogens is 2. The summed E-state index contributed by atoms with van der Waals surface area (Å²) < 4.78 is 24.2. The third-order valence-electron chi connectivity index (χ3n) is 2.67. The predicted molar refractivity (Wildman–Crippen MR) is 76.3 cm³/mol. The molecule has 19 heavy (non-hydrogen) atoms. The van der Waals surface area contributed by atoms with E-state index >= 15 is 0 Å². The second-order valence-corrected chi connectivity index (χ2v) is 6.84. The summed E-state index contributed by atoms with van der Waals surface area (Å²) in [6, 6.07) is 5.26. The van der Waals surface area contributed by atoms with Gasteiger partial charge in [0, 0.05) is 28.9 Å². The number of rotatable bonds is 4. The van der Waals surface area contributed by atoms with Crippen LogP contribution in [0, 0.1) is 0 Å². The smallest absolute Gasteiger partial charge is 0.237 e. The fourth-order valence-corrected chi connectivity index (χ4v) is 3.07. The number of benzene rings is 1. The predicted octanol–water partition coefficient (Wildman–Crippen LogP) is 2.78. The third-order valence-corrected chi connectivity index (χ3v) is 4.30. The van der Waals surface area contributed by atoms with Gasteiger partial charge in [-0.25, -0.2) is 17.4 Å². The second kappa shape index (κ2) is 5.53. The molecule has 1 aromatic carbocycles. The molecule has 7 heteroatoms. The Hall–Kier alpha value is -1.04. The summed E-state index contributed by atoms with van der Waals surface area (Å²) in [6.45, 7) is 0.